The molecule has 2 heteroatoms. The summed E-state index contributed by atoms with van der Waals surface area (Å²) in [5, 5.41) is 2.46. The number of hydrogen-bond acceptors (Lipinski definition) is 0. The van der Waals surface area contributed by atoms with Crippen LogP contribution < -0.4 is 0 Å². The zero-order chi connectivity index (χ0) is 43.3. The summed E-state index contributed by atoms with van der Waals surface area (Å²) in [7, 11) is -2.07. The second-order valence-electron chi connectivity index (χ2n) is 17.3. The number of hydrogen-bond donors (Lipinski definition) is 0. The van der Waals surface area contributed by atoms with Crippen molar-refractivity contribution in [2.45, 2.75) is 44.8 Å². The lowest BCUT2D eigenvalue weighted by Crippen LogP contribution is -2.16. The van der Waals surface area contributed by atoms with Gasteiger partial charge in [0.15, 0.2) is 0 Å². The fourth-order valence-electron chi connectivity index (χ4n) is 10.5. The minimum atomic E-state index is -2.07. The lowest BCUT2D eigenvalue weighted by Gasteiger charge is -2.44. The second-order valence-corrected chi connectivity index (χ2v) is 20.4. The molecule has 0 bridgehead atoms. The average molecular weight is 843 g/mol. The molecule has 0 spiro atoms. The van der Waals surface area contributed by atoms with Crippen LogP contribution in [0.1, 0.15) is 47.6 Å². The van der Waals surface area contributed by atoms with Crippen molar-refractivity contribution in [2.75, 3.05) is 0 Å². The molecule has 0 aromatic heterocycles. The van der Waals surface area contributed by atoms with Gasteiger partial charge >= 0.3 is 0 Å². The minimum absolute atomic E-state index is 0.208. The number of halogens is 1. The molecule has 0 fully saturated rings. The summed E-state index contributed by atoms with van der Waals surface area (Å²) in [5.74, 6) is -0.426. The maximum atomic E-state index is 15.5. The highest BCUT2D eigenvalue weighted by atomic mass is 32.3. The Hall–Kier alpha value is -7.26. The van der Waals surface area contributed by atoms with Gasteiger partial charge in [-0.3, -0.25) is 0 Å². The van der Waals surface area contributed by atoms with Crippen molar-refractivity contribution >= 4 is 20.8 Å². The first-order valence-electron chi connectivity index (χ1n) is 22.1. The van der Waals surface area contributed by atoms with Gasteiger partial charge in [0.25, 0.3) is 0 Å². The maximum absolute atomic E-state index is 15.5. The Labute approximate surface area is 377 Å². The van der Waals surface area contributed by atoms with E-state index in [1.807, 2.05) is 6.07 Å². The summed E-state index contributed by atoms with van der Waals surface area (Å²) in [6.07, 6.45) is 0. The van der Waals surface area contributed by atoms with E-state index in [1.54, 1.807) is 12.1 Å². The standard InChI is InChI=1S/C62H47FS/c1-62(2)56-41-40-47(63)42-55(56)61-54(33-19-34-57(61)62)60(46-38-36-44(37-39-46)52-32-18-23-45-22-17-31-51(59(45)52)43-20-7-3-8-21-43)53-30-15-16-35-58(53)64(48-24-9-4-10-25-48,49-26-11-5-12-27-49)50-28-13-6-14-29-50/h3-42,60H,1-2H3. The van der Waals surface area contributed by atoms with E-state index in [0.29, 0.717) is 0 Å². The van der Waals surface area contributed by atoms with Gasteiger partial charge in [0.1, 0.15) is 5.82 Å². The van der Waals surface area contributed by atoms with Gasteiger partial charge in [-0.05, 0) is 127 Å². The Kier molecular flexibility index (Phi) is 9.98. The van der Waals surface area contributed by atoms with Gasteiger partial charge in [-0.25, -0.2) is 4.39 Å². The SMILES string of the molecule is CC1(C)c2ccc(F)cc2-c2c(C(c3ccc(-c4cccc5cccc(-c6ccccc6)c45)cc3)c3ccccc3S(c3ccccc3)(c3ccccc3)c3ccccc3)cccc21. The molecule has 1 aliphatic rings. The van der Waals surface area contributed by atoms with Crippen molar-refractivity contribution in [1.82, 2.24) is 0 Å². The normalized spacial score (nSPS) is 13.5. The third-order valence-corrected chi connectivity index (χ3v) is 17.4. The second kappa shape index (κ2) is 16.1. The number of rotatable bonds is 9. The monoisotopic (exact) mass is 842 g/mol. The molecule has 0 nitrogen and oxygen atoms in total. The van der Waals surface area contributed by atoms with Gasteiger partial charge in [-0.1, -0.05) is 202 Å². The van der Waals surface area contributed by atoms with E-state index in [1.165, 1.54) is 69.3 Å². The number of benzene rings is 10. The minimum Gasteiger partial charge on any atom is -0.207 e. The van der Waals surface area contributed by atoms with Crippen LogP contribution in [0, 0.1) is 5.82 Å². The molecule has 11 rings (SSSR count). The predicted molar refractivity (Wildman–Crippen MR) is 266 cm³/mol. The van der Waals surface area contributed by atoms with Crippen LogP contribution in [0.3, 0.4) is 0 Å². The van der Waals surface area contributed by atoms with Crippen molar-refractivity contribution in [3.8, 4) is 33.4 Å². The van der Waals surface area contributed by atoms with Gasteiger partial charge in [0, 0.05) is 30.9 Å². The Bertz CT molecular complexity index is 3180. The molecule has 0 saturated carbocycles. The average Bonchev–Trinajstić information content (AvgIpc) is 3.58. The van der Waals surface area contributed by atoms with Crippen LogP contribution >= 0.6 is 10.0 Å². The van der Waals surface area contributed by atoms with E-state index >= 15 is 4.39 Å². The maximum Gasteiger partial charge on any atom is 0.123 e. The molecule has 0 amide bonds. The molecule has 308 valence electrons. The molecular weight excluding hydrogens is 796 g/mol. The molecule has 0 N–H and O–H groups in total. The van der Waals surface area contributed by atoms with Gasteiger partial charge in [0.05, 0.1) is 0 Å². The molecule has 0 saturated heterocycles. The Balaban J connectivity index is 1.20. The Morgan fingerprint density at radius 2 is 0.906 bits per heavy atom. The molecule has 1 aliphatic carbocycles. The molecule has 10 aromatic rings. The fourth-order valence-corrected chi connectivity index (χ4v) is 14.6. The third-order valence-electron chi connectivity index (χ3n) is 13.4. The summed E-state index contributed by atoms with van der Waals surface area (Å²) in [6.45, 7) is 4.56. The smallest absolute Gasteiger partial charge is 0.123 e. The van der Waals surface area contributed by atoms with Gasteiger partial charge in [-0.15, -0.1) is 10.0 Å². The zero-order valence-electron chi connectivity index (χ0n) is 36.0. The van der Waals surface area contributed by atoms with Gasteiger partial charge in [-0.2, -0.15) is 0 Å². The molecule has 0 radical (unpaired) electrons. The van der Waals surface area contributed by atoms with Crippen molar-refractivity contribution in [1.29, 1.82) is 0 Å². The van der Waals surface area contributed by atoms with E-state index < -0.39 is 10.0 Å². The van der Waals surface area contributed by atoms with E-state index in [4.69, 9.17) is 0 Å². The van der Waals surface area contributed by atoms with Crippen molar-refractivity contribution in [3.63, 3.8) is 0 Å². The highest BCUT2D eigenvalue weighted by Gasteiger charge is 2.41. The van der Waals surface area contributed by atoms with E-state index in [-0.39, 0.29) is 17.2 Å². The first kappa shape index (κ1) is 39.6. The van der Waals surface area contributed by atoms with Crippen molar-refractivity contribution in [2.24, 2.45) is 0 Å². The molecule has 10 aromatic carbocycles. The quantitative estimate of drug-likeness (QED) is 0.127. The predicted octanol–water partition coefficient (Wildman–Crippen LogP) is 17.1. The summed E-state index contributed by atoms with van der Waals surface area (Å²) < 4.78 is 15.5. The van der Waals surface area contributed by atoms with Crippen LogP contribution in [-0.4, -0.2) is 0 Å². The van der Waals surface area contributed by atoms with Crippen LogP contribution in [0.15, 0.2) is 262 Å². The third kappa shape index (κ3) is 6.43. The van der Waals surface area contributed by atoms with Crippen LogP contribution in [0.25, 0.3) is 44.2 Å². The van der Waals surface area contributed by atoms with E-state index in [0.717, 1.165) is 22.3 Å². The molecule has 1 unspecified atom stereocenters. The van der Waals surface area contributed by atoms with Crippen LogP contribution in [0.5, 0.6) is 0 Å². The van der Waals surface area contributed by atoms with E-state index in [9.17, 15) is 0 Å². The highest BCUT2D eigenvalue weighted by molar-refractivity contribution is 8.34. The van der Waals surface area contributed by atoms with Crippen LogP contribution in [0.4, 0.5) is 4.39 Å². The lowest BCUT2D eigenvalue weighted by atomic mass is 9.78. The molecule has 64 heavy (non-hydrogen) atoms. The summed E-state index contributed by atoms with van der Waals surface area (Å²) >= 11 is 0. The molecule has 1 atom stereocenters. The Morgan fingerprint density at radius 3 is 1.50 bits per heavy atom. The first-order valence-corrected chi connectivity index (χ1v) is 23.8. The van der Waals surface area contributed by atoms with Crippen molar-refractivity contribution in [3.05, 3.63) is 276 Å². The molecule has 0 aliphatic heterocycles. The molecule has 0 heterocycles. The van der Waals surface area contributed by atoms with E-state index in [2.05, 4.69) is 238 Å². The first-order chi connectivity index (χ1) is 31.4. The lowest BCUT2D eigenvalue weighted by molar-refractivity contribution is 0.622. The highest BCUT2D eigenvalue weighted by Crippen LogP contribution is 2.75. The van der Waals surface area contributed by atoms with Crippen molar-refractivity contribution < 1.29 is 4.39 Å². The van der Waals surface area contributed by atoms with Gasteiger partial charge in [0.2, 0.25) is 0 Å². The number of fused-ring (bicyclic) bond motifs is 4. The van der Waals surface area contributed by atoms with Crippen LogP contribution in [0.2, 0.25) is 0 Å². The fraction of sp³-hybridized carbons (Fsp3) is 0.0645. The topological polar surface area (TPSA) is 0 Å². The summed E-state index contributed by atoms with van der Waals surface area (Å²) in [4.78, 5) is 5.09. The Morgan fingerprint density at radius 1 is 0.406 bits per heavy atom. The summed E-state index contributed by atoms with van der Waals surface area (Å²) in [6, 6.07) is 87.8. The van der Waals surface area contributed by atoms with Gasteiger partial charge < -0.3 is 0 Å². The largest absolute Gasteiger partial charge is 0.207 e. The summed E-state index contributed by atoms with van der Waals surface area (Å²) in [5.41, 5.74) is 12.6. The molecular formula is C62H47FS. The zero-order valence-corrected chi connectivity index (χ0v) is 36.8. The van der Waals surface area contributed by atoms with Crippen LogP contribution in [-0.2, 0) is 5.41 Å².